The lowest BCUT2D eigenvalue weighted by molar-refractivity contribution is -0.121. The Morgan fingerprint density at radius 1 is 1.08 bits per heavy atom. The van der Waals surface area contributed by atoms with E-state index in [0.717, 1.165) is 18.7 Å². The molecule has 1 fully saturated rings. The number of hydrogen-bond donors (Lipinski definition) is 1. The first-order valence-corrected chi connectivity index (χ1v) is 9.79. The molecule has 0 bridgehead atoms. The molecule has 3 nitrogen and oxygen atoms in total. The number of carbonyl (C=O) groups excluding carboxylic acids is 1. The molecule has 1 aliphatic rings. The summed E-state index contributed by atoms with van der Waals surface area (Å²) in [5.74, 6) is 2.06. The maximum Gasteiger partial charge on any atom is 0.220 e. The first kappa shape index (κ1) is 17.8. The molecule has 0 aliphatic carbocycles. The van der Waals surface area contributed by atoms with Crippen LogP contribution in [0.3, 0.4) is 0 Å². The van der Waals surface area contributed by atoms with E-state index < -0.39 is 0 Å². The molecule has 2 aromatic rings. The molecule has 0 atom stereocenters. The Hall–Kier alpha value is -2.01. The van der Waals surface area contributed by atoms with Gasteiger partial charge in [0, 0.05) is 43.2 Å². The van der Waals surface area contributed by atoms with Gasteiger partial charge in [-0.1, -0.05) is 30.3 Å². The molecular formula is C20H23FN2OS. The van der Waals surface area contributed by atoms with Gasteiger partial charge < -0.3 is 10.2 Å². The Morgan fingerprint density at radius 2 is 1.80 bits per heavy atom. The quantitative estimate of drug-likeness (QED) is 0.856. The first-order chi connectivity index (χ1) is 12.2. The second kappa shape index (κ2) is 8.90. The van der Waals surface area contributed by atoms with Crippen LogP contribution in [0.1, 0.15) is 17.5 Å². The van der Waals surface area contributed by atoms with Gasteiger partial charge in [0.1, 0.15) is 5.82 Å². The van der Waals surface area contributed by atoms with E-state index >= 15 is 0 Å². The van der Waals surface area contributed by atoms with Crippen LogP contribution in [-0.2, 0) is 17.8 Å². The Morgan fingerprint density at radius 3 is 2.52 bits per heavy atom. The number of thioether (sulfide) groups is 1. The van der Waals surface area contributed by atoms with Crippen molar-refractivity contribution in [3.8, 4) is 0 Å². The van der Waals surface area contributed by atoms with Gasteiger partial charge in [-0.2, -0.15) is 11.8 Å². The zero-order valence-corrected chi connectivity index (χ0v) is 15.0. The molecule has 132 valence electrons. The predicted octanol–water partition coefficient (Wildman–Crippen LogP) is 3.63. The van der Waals surface area contributed by atoms with Crippen molar-refractivity contribution in [2.75, 3.05) is 29.5 Å². The molecule has 3 rings (SSSR count). The number of amides is 1. The summed E-state index contributed by atoms with van der Waals surface area (Å²) in [4.78, 5) is 14.4. The van der Waals surface area contributed by atoms with Crippen molar-refractivity contribution in [3.05, 3.63) is 65.5 Å². The molecule has 0 saturated carbocycles. The lowest BCUT2D eigenvalue weighted by Crippen LogP contribution is -2.32. The Kier molecular flexibility index (Phi) is 6.34. The zero-order chi connectivity index (χ0) is 17.5. The SMILES string of the molecule is O=C(CCc1ccccc1F)NCc1ccc(N2CCSCC2)cc1. The summed E-state index contributed by atoms with van der Waals surface area (Å²) < 4.78 is 13.5. The van der Waals surface area contributed by atoms with E-state index in [1.807, 2.05) is 11.8 Å². The van der Waals surface area contributed by atoms with Gasteiger partial charge in [0.2, 0.25) is 5.91 Å². The lowest BCUT2D eigenvalue weighted by Gasteiger charge is -2.28. The van der Waals surface area contributed by atoms with Crippen LogP contribution in [0, 0.1) is 5.82 Å². The molecule has 1 N–H and O–H groups in total. The van der Waals surface area contributed by atoms with E-state index in [9.17, 15) is 9.18 Å². The third-order valence-electron chi connectivity index (χ3n) is 4.38. The van der Waals surface area contributed by atoms with Crippen molar-refractivity contribution in [2.24, 2.45) is 0 Å². The summed E-state index contributed by atoms with van der Waals surface area (Å²) in [6, 6.07) is 15.0. The van der Waals surface area contributed by atoms with E-state index in [2.05, 4.69) is 34.5 Å². The molecule has 0 aromatic heterocycles. The molecule has 25 heavy (non-hydrogen) atoms. The van der Waals surface area contributed by atoms with Crippen LogP contribution in [0.25, 0.3) is 0 Å². The van der Waals surface area contributed by atoms with Gasteiger partial charge in [-0.05, 0) is 35.7 Å². The summed E-state index contributed by atoms with van der Waals surface area (Å²) in [5, 5.41) is 2.91. The minimum Gasteiger partial charge on any atom is -0.370 e. The standard InChI is InChI=1S/C20H23FN2OS/c21-19-4-2-1-3-17(19)7-10-20(24)22-15-16-5-8-18(9-6-16)23-11-13-25-14-12-23/h1-6,8-9H,7,10-15H2,(H,22,24). The number of nitrogens with zero attached hydrogens (tertiary/aromatic N) is 1. The van der Waals surface area contributed by atoms with Crippen LogP contribution in [0.15, 0.2) is 48.5 Å². The Bertz CT molecular complexity index is 699. The van der Waals surface area contributed by atoms with Crippen LogP contribution in [0.2, 0.25) is 0 Å². The van der Waals surface area contributed by atoms with Crippen molar-refractivity contribution in [3.63, 3.8) is 0 Å². The van der Waals surface area contributed by atoms with Gasteiger partial charge in [0.25, 0.3) is 0 Å². The number of nitrogens with one attached hydrogen (secondary N) is 1. The topological polar surface area (TPSA) is 32.3 Å². The summed E-state index contributed by atoms with van der Waals surface area (Å²) in [6.45, 7) is 2.69. The van der Waals surface area contributed by atoms with Crippen LogP contribution in [0.5, 0.6) is 0 Å². The fourth-order valence-corrected chi connectivity index (χ4v) is 3.79. The van der Waals surface area contributed by atoms with Crippen molar-refractivity contribution >= 4 is 23.4 Å². The third-order valence-corrected chi connectivity index (χ3v) is 5.32. The number of carbonyl (C=O) groups is 1. The average Bonchev–Trinajstić information content (AvgIpc) is 2.67. The van der Waals surface area contributed by atoms with E-state index in [0.29, 0.717) is 24.9 Å². The number of anilines is 1. The van der Waals surface area contributed by atoms with E-state index in [1.54, 1.807) is 18.2 Å². The van der Waals surface area contributed by atoms with Crippen LogP contribution >= 0.6 is 11.8 Å². The highest BCUT2D eigenvalue weighted by atomic mass is 32.2. The monoisotopic (exact) mass is 358 g/mol. The molecule has 2 aromatic carbocycles. The first-order valence-electron chi connectivity index (χ1n) is 8.64. The smallest absolute Gasteiger partial charge is 0.220 e. The van der Waals surface area contributed by atoms with Gasteiger partial charge in [0.05, 0.1) is 0 Å². The maximum atomic E-state index is 13.5. The van der Waals surface area contributed by atoms with Crippen molar-refractivity contribution in [2.45, 2.75) is 19.4 Å². The minimum absolute atomic E-state index is 0.0552. The largest absolute Gasteiger partial charge is 0.370 e. The summed E-state index contributed by atoms with van der Waals surface area (Å²) in [5.41, 5.74) is 2.91. The Labute approximate surface area is 152 Å². The minimum atomic E-state index is -0.248. The lowest BCUT2D eigenvalue weighted by atomic mass is 10.1. The van der Waals surface area contributed by atoms with Crippen molar-refractivity contribution in [1.29, 1.82) is 0 Å². The Balaban J connectivity index is 1.44. The second-order valence-corrected chi connectivity index (χ2v) is 7.36. The molecule has 0 spiro atoms. The third kappa shape index (κ3) is 5.23. The number of aryl methyl sites for hydroxylation is 1. The van der Waals surface area contributed by atoms with Gasteiger partial charge in [-0.25, -0.2) is 4.39 Å². The van der Waals surface area contributed by atoms with Gasteiger partial charge in [-0.15, -0.1) is 0 Å². The second-order valence-electron chi connectivity index (χ2n) is 6.13. The molecular weight excluding hydrogens is 335 g/mol. The summed E-state index contributed by atoms with van der Waals surface area (Å²) in [6.07, 6.45) is 0.717. The van der Waals surface area contributed by atoms with Gasteiger partial charge in [-0.3, -0.25) is 4.79 Å². The maximum absolute atomic E-state index is 13.5. The summed E-state index contributed by atoms with van der Waals surface area (Å²) >= 11 is 2.00. The molecule has 0 unspecified atom stereocenters. The number of hydrogen-bond acceptors (Lipinski definition) is 3. The highest BCUT2D eigenvalue weighted by Crippen LogP contribution is 2.19. The fourth-order valence-electron chi connectivity index (χ4n) is 2.88. The molecule has 1 aliphatic heterocycles. The van der Waals surface area contributed by atoms with Crippen LogP contribution in [-0.4, -0.2) is 30.5 Å². The molecule has 1 saturated heterocycles. The molecule has 1 heterocycles. The summed E-state index contributed by atoms with van der Waals surface area (Å²) in [7, 11) is 0. The normalized spacial score (nSPS) is 14.4. The van der Waals surface area contributed by atoms with Crippen LogP contribution in [0.4, 0.5) is 10.1 Å². The van der Waals surface area contributed by atoms with Gasteiger partial charge in [0.15, 0.2) is 0 Å². The van der Waals surface area contributed by atoms with Crippen LogP contribution < -0.4 is 10.2 Å². The van der Waals surface area contributed by atoms with Crippen molar-refractivity contribution < 1.29 is 9.18 Å². The average molecular weight is 358 g/mol. The number of halogens is 1. The van der Waals surface area contributed by atoms with E-state index in [4.69, 9.17) is 0 Å². The van der Waals surface area contributed by atoms with Gasteiger partial charge >= 0.3 is 0 Å². The molecule has 0 radical (unpaired) electrons. The van der Waals surface area contributed by atoms with E-state index in [-0.39, 0.29) is 11.7 Å². The molecule has 1 amide bonds. The number of benzene rings is 2. The fraction of sp³-hybridized carbons (Fsp3) is 0.350. The number of rotatable bonds is 6. The van der Waals surface area contributed by atoms with Crippen molar-refractivity contribution in [1.82, 2.24) is 5.32 Å². The van der Waals surface area contributed by atoms with E-state index in [1.165, 1.54) is 23.3 Å². The molecule has 5 heteroatoms. The predicted molar refractivity (Wildman–Crippen MR) is 103 cm³/mol. The highest BCUT2D eigenvalue weighted by molar-refractivity contribution is 7.99. The zero-order valence-electron chi connectivity index (χ0n) is 14.2. The highest BCUT2D eigenvalue weighted by Gasteiger charge is 2.11.